The number of nitrogens with zero attached hydrogens (tertiary/aromatic N) is 2. The van der Waals surface area contributed by atoms with Crippen molar-refractivity contribution in [3.8, 4) is 0 Å². The van der Waals surface area contributed by atoms with E-state index in [1.165, 1.54) is 22.6 Å². The maximum atomic E-state index is 12.3. The summed E-state index contributed by atoms with van der Waals surface area (Å²) >= 11 is 0. The number of nitrogens with two attached hydrogens (primary N) is 1. The van der Waals surface area contributed by atoms with Gasteiger partial charge in [-0.05, 0) is 24.1 Å². The summed E-state index contributed by atoms with van der Waals surface area (Å²) in [7, 11) is -1.86. The first-order chi connectivity index (χ1) is 9.04. The molecule has 0 bridgehead atoms. The summed E-state index contributed by atoms with van der Waals surface area (Å²) in [6.45, 7) is 1.38. The van der Waals surface area contributed by atoms with E-state index >= 15 is 0 Å². The second-order valence-corrected chi connectivity index (χ2v) is 6.27. The highest BCUT2D eigenvalue weighted by molar-refractivity contribution is 7.89. The van der Waals surface area contributed by atoms with Gasteiger partial charge in [0, 0.05) is 26.4 Å². The molecule has 0 fully saturated rings. The number of aromatic nitrogens is 1. The molecule has 0 atom stereocenters. The molecule has 0 saturated heterocycles. The monoisotopic (exact) mass is 283 g/mol. The standard InChI is InChI=1S/C12H17N3O3S/c1-18-9-10-4-6-15(7-5-10)19(16,17)11-2-3-12(13)14-8-11/h2-4,8H,5-7,9H2,1H3,(H2,13,14). The molecule has 6 nitrogen and oxygen atoms in total. The molecule has 0 aliphatic carbocycles. The van der Waals surface area contributed by atoms with Gasteiger partial charge >= 0.3 is 0 Å². The van der Waals surface area contributed by atoms with Crippen molar-refractivity contribution in [3.05, 3.63) is 30.0 Å². The van der Waals surface area contributed by atoms with Crippen LogP contribution in [-0.4, -0.2) is 44.5 Å². The molecule has 0 unspecified atom stereocenters. The molecule has 0 spiro atoms. The number of anilines is 1. The SMILES string of the molecule is COCC1=CCN(S(=O)(=O)c2ccc(N)nc2)CC1. The van der Waals surface area contributed by atoms with Crippen molar-refractivity contribution in [2.24, 2.45) is 0 Å². The molecule has 1 aromatic rings. The first kappa shape index (κ1) is 14.0. The molecular weight excluding hydrogens is 266 g/mol. The summed E-state index contributed by atoms with van der Waals surface area (Å²) in [4.78, 5) is 3.99. The van der Waals surface area contributed by atoms with Crippen LogP contribution < -0.4 is 5.73 Å². The third-order valence-electron chi connectivity index (χ3n) is 2.99. The summed E-state index contributed by atoms with van der Waals surface area (Å²) in [5, 5.41) is 0. The fourth-order valence-corrected chi connectivity index (χ4v) is 3.25. The second-order valence-electron chi connectivity index (χ2n) is 4.33. The van der Waals surface area contributed by atoms with Crippen molar-refractivity contribution in [3.63, 3.8) is 0 Å². The van der Waals surface area contributed by atoms with Gasteiger partial charge in [0.05, 0.1) is 6.61 Å². The molecule has 0 aromatic carbocycles. The molecular formula is C12H17N3O3S. The maximum Gasteiger partial charge on any atom is 0.244 e. The highest BCUT2D eigenvalue weighted by Gasteiger charge is 2.26. The van der Waals surface area contributed by atoms with Crippen molar-refractivity contribution in [1.82, 2.24) is 9.29 Å². The minimum absolute atomic E-state index is 0.172. The Kier molecular flexibility index (Phi) is 4.18. The molecule has 1 aromatic heterocycles. The Morgan fingerprint density at radius 1 is 1.47 bits per heavy atom. The quantitative estimate of drug-likeness (QED) is 0.819. The van der Waals surface area contributed by atoms with Crippen LogP contribution in [0.15, 0.2) is 34.9 Å². The third-order valence-corrected chi connectivity index (χ3v) is 4.84. The number of rotatable bonds is 4. The van der Waals surface area contributed by atoms with Crippen molar-refractivity contribution < 1.29 is 13.2 Å². The first-order valence-corrected chi connectivity index (χ1v) is 7.36. The fraction of sp³-hybridized carbons (Fsp3) is 0.417. The molecule has 1 aliphatic rings. The van der Waals surface area contributed by atoms with E-state index in [0.29, 0.717) is 31.9 Å². The molecule has 7 heteroatoms. The Morgan fingerprint density at radius 3 is 2.79 bits per heavy atom. The normalized spacial score (nSPS) is 17.2. The topological polar surface area (TPSA) is 85.5 Å². The molecule has 19 heavy (non-hydrogen) atoms. The highest BCUT2D eigenvalue weighted by atomic mass is 32.2. The van der Waals surface area contributed by atoms with Crippen LogP contribution in [-0.2, 0) is 14.8 Å². The van der Waals surface area contributed by atoms with Crippen molar-refractivity contribution >= 4 is 15.8 Å². The largest absolute Gasteiger partial charge is 0.384 e. The van der Waals surface area contributed by atoms with Gasteiger partial charge in [-0.15, -0.1) is 0 Å². The molecule has 2 N–H and O–H groups in total. The minimum atomic E-state index is -3.49. The van der Waals surface area contributed by atoms with Crippen LogP contribution in [0.2, 0.25) is 0 Å². The molecule has 0 saturated carbocycles. The van der Waals surface area contributed by atoms with E-state index in [-0.39, 0.29) is 4.90 Å². The lowest BCUT2D eigenvalue weighted by Gasteiger charge is -2.25. The smallest absolute Gasteiger partial charge is 0.244 e. The number of hydrogen-bond donors (Lipinski definition) is 1. The van der Waals surface area contributed by atoms with Crippen LogP contribution in [0.5, 0.6) is 0 Å². The third kappa shape index (κ3) is 3.12. The second kappa shape index (κ2) is 5.68. The van der Waals surface area contributed by atoms with Gasteiger partial charge in [0.15, 0.2) is 0 Å². The van der Waals surface area contributed by atoms with Crippen molar-refractivity contribution in [2.45, 2.75) is 11.3 Å². The van der Waals surface area contributed by atoms with E-state index in [1.807, 2.05) is 6.08 Å². The van der Waals surface area contributed by atoms with Gasteiger partial charge in [-0.25, -0.2) is 13.4 Å². The predicted molar refractivity (Wildman–Crippen MR) is 72.0 cm³/mol. The number of nitrogen functional groups attached to an aromatic ring is 1. The van der Waals surface area contributed by atoms with E-state index in [2.05, 4.69) is 4.98 Å². The van der Waals surface area contributed by atoms with E-state index < -0.39 is 10.0 Å². The van der Waals surface area contributed by atoms with Crippen LogP contribution in [0.25, 0.3) is 0 Å². The fourth-order valence-electron chi connectivity index (χ4n) is 1.92. The van der Waals surface area contributed by atoms with Gasteiger partial charge in [0.25, 0.3) is 0 Å². The molecule has 2 heterocycles. The summed E-state index contributed by atoms with van der Waals surface area (Å²) in [6.07, 6.45) is 3.88. The maximum absolute atomic E-state index is 12.3. The molecule has 1 aliphatic heterocycles. The van der Waals surface area contributed by atoms with Crippen LogP contribution in [0.1, 0.15) is 6.42 Å². The van der Waals surface area contributed by atoms with Crippen LogP contribution in [0, 0.1) is 0 Å². The highest BCUT2D eigenvalue weighted by Crippen LogP contribution is 2.20. The lowest BCUT2D eigenvalue weighted by atomic mass is 10.1. The Labute approximate surface area is 112 Å². The molecule has 104 valence electrons. The van der Waals surface area contributed by atoms with Crippen molar-refractivity contribution in [1.29, 1.82) is 0 Å². The molecule has 2 rings (SSSR count). The summed E-state index contributed by atoms with van der Waals surface area (Å²) in [5.41, 5.74) is 6.59. The van der Waals surface area contributed by atoms with Gasteiger partial charge in [0.2, 0.25) is 10.0 Å². The van der Waals surface area contributed by atoms with E-state index in [4.69, 9.17) is 10.5 Å². The van der Waals surface area contributed by atoms with E-state index in [1.54, 1.807) is 7.11 Å². The Morgan fingerprint density at radius 2 is 2.26 bits per heavy atom. The lowest BCUT2D eigenvalue weighted by molar-refractivity contribution is 0.219. The molecule has 0 radical (unpaired) electrons. The number of hydrogen-bond acceptors (Lipinski definition) is 5. The average Bonchev–Trinajstić information content (AvgIpc) is 2.40. The molecule has 0 amide bonds. The lowest BCUT2D eigenvalue weighted by Crippen LogP contribution is -2.35. The number of sulfonamides is 1. The number of pyridine rings is 1. The zero-order chi connectivity index (χ0) is 13.9. The summed E-state index contributed by atoms with van der Waals surface area (Å²) < 4.78 is 31.2. The Bertz CT molecular complexity index is 566. The number of methoxy groups -OCH3 is 1. The van der Waals surface area contributed by atoms with E-state index in [9.17, 15) is 8.42 Å². The predicted octanol–water partition coefficient (Wildman–Crippen LogP) is 0.631. The Hall–Kier alpha value is -1.44. The van der Waals surface area contributed by atoms with Crippen LogP contribution >= 0.6 is 0 Å². The van der Waals surface area contributed by atoms with Crippen LogP contribution in [0.4, 0.5) is 5.82 Å². The minimum Gasteiger partial charge on any atom is -0.384 e. The zero-order valence-corrected chi connectivity index (χ0v) is 11.6. The summed E-state index contributed by atoms with van der Waals surface area (Å²) in [5.74, 6) is 0.305. The van der Waals surface area contributed by atoms with Gasteiger partial charge in [-0.3, -0.25) is 0 Å². The van der Waals surface area contributed by atoms with Crippen molar-refractivity contribution in [2.75, 3.05) is 32.5 Å². The number of ether oxygens (including phenoxy) is 1. The van der Waals surface area contributed by atoms with E-state index in [0.717, 1.165) is 5.57 Å². The van der Waals surface area contributed by atoms with Gasteiger partial charge < -0.3 is 10.5 Å². The van der Waals surface area contributed by atoms with Crippen LogP contribution in [0.3, 0.4) is 0 Å². The summed E-state index contributed by atoms with van der Waals surface area (Å²) in [6, 6.07) is 2.97. The first-order valence-electron chi connectivity index (χ1n) is 5.92. The van der Waals surface area contributed by atoms with Gasteiger partial charge in [-0.1, -0.05) is 6.08 Å². The average molecular weight is 283 g/mol. The zero-order valence-electron chi connectivity index (χ0n) is 10.7. The van der Waals surface area contributed by atoms with Gasteiger partial charge in [-0.2, -0.15) is 4.31 Å². The Balaban J connectivity index is 2.16. The van der Waals surface area contributed by atoms with Gasteiger partial charge in [0.1, 0.15) is 10.7 Å².